The lowest BCUT2D eigenvalue weighted by Gasteiger charge is -2.23. The van der Waals surface area contributed by atoms with Crippen LogP contribution in [-0.2, 0) is 4.79 Å². The highest BCUT2D eigenvalue weighted by atomic mass is 32.1. The number of carbonyl (C=O) groups excluding carboxylic acids is 1. The topological polar surface area (TPSA) is 89.7 Å². The van der Waals surface area contributed by atoms with E-state index in [9.17, 15) is 9.59 Å². The van der Waals surface area contributed by atoms with Gasteiger partial charge in [0.1, 0.15) is 17.6 Å². The van der Waals surface area contributed by atoms with Crippen LogP contribution in [0.15, 0.2) is 84.9 Å². The van der Waals surface area contributed by atoms with E-state index in [4.69, 9.17) is 8.83 Å². The molecule has 0 fully saturated rings. The molecule has 0 unspecified atom stereocenters. The van der Waals surface area contributed by atoms with Crippen molar-refractivity contribution in [3.8, 4) is 0 Å². The summed E-state index contributed by atoms with van der Waals surface area (Å²) in [5.41, 5.74) is 3.08. The molecule has 0 spiro atoms. The Labute approximate surface area is 193 Å². The molecule has 1 atom stereocenters. The van der Waals surface area contributed by atoms with Crippen molar-refractivity contribution in [1.82, 2.24) is 4.57 Å². The molecule has 7 nitrogen and oxygen atoms in total. The number of carbonyl (C=O) groups is 1. The summed E-state index contributed by atoms with van der Waals surface area (Å²) in [6, 6.07) is 12.2. The summed E-state index contributed by atoms with van der Waals surface area (Å²) >= 11 is 1.27. The Hall–Kier alpha value is -3.91. The summed E-state index contributed by atoms with van der Waals surface area (Å²) in [7, 11) is 0. The Morgan fingerprint density at radius 3 is 2.67 bits per heavy atom. The summed E-state index contributed by atoms with van der Waals surface area (Å²) < 4.78 is 13.1. The van der Waals surface area contributed by atoms with E-state index in [2.05, 4.69) is 10.3 Å². The van der Waals surface area contributed by atoms with E-state index in [1.54, 1.807) is 37.7 Å². The third-order valence-corrected chi connectivity index (χ3v) is 6.51. The number of amides is 1. The van der Waals surface area contributed by atoms with E-state index < -0.39 is 6.04 Å². The number of anilines is 1. The number of aromatic nitrogens is 1. The molecule has 0 saturated carbocycles. The SMILES string of the molecule is CC1=C(C(=O)Nc2ccccc2C)[C@@H](c2ccc(C)o2)n2c(s/c(=C/c3ccoc3)c2=O)=N1. The molecule has 0 bridgehead atoms. The van der Waals surface area contributed by atoms with Crippen molar-refractivity contribution >= 4 is 29.0 Å². The zero-order valence-corrected chi connectivity index (χ0v) is 19.1. The predicted octanol–water partition coefficient (Wildman–Crippen LogP) is 3.68. The lowest BCUT2D eigenvalue weighted by Crippen LogP contribution is -2.40. The highest BCUT2D eigenvalue weighted by molar-refractivity contribution is 7.07. The Kier molecular flexibility index (Phi) is 5.22. The van der Waals surface area contributed by atoms with Gasteiger partial charge in [0.15, 0.2) is 4.80 Å². The highest BCUT2D eigenvalue weighted by Gasteiger charge is 2.34. The number of thiazole rings is 1. The molecule has 1 amide bonds. The first kappa shape index (κ1) is 21.0. The standard InChI is InChI=1S/C25H21N3O4S/c1-14-6-4-5-7-18(14)27-23(29)21-16(3)26-25-28(22(21)19-9-8-15(2)32-19)24(30)20(33-25)12-17-10-11-31-13-17/h4-13,22H,1-3H3,(H,27,29)/b20-12+/t22-/m1/s1. The molecule has 4 aromatic rings. The second-order valence-corrected chi connectivity index (χ2v) is 8.87. The zero-order valence-electron chi connectivity index (χ0n) is 18.3. The molecule has 33 heavy (non-hydrogen) atoms. The number of furan rings is 2. The van der Waals surface area contributed by atoms with Crippen LogP contribution >= 0.6 is 11.3 Å². The lowest BCUT2D eigenvalue weighted by atomic mass is 10.00. The van der Waals surface area contributed by atoms with Gasteiger partial charge in [0.25, 0.3) is 11.5 Å². The lowest BCUT2D eigenvalue weighted by molar-refractivity contribution is -0.113. The molecule has 0 aliphatic carbocycles. The van der Waals surface area contributed by atoms with Crippen molar-refractivity contribution in [3.05, 3.63) is 109 Å². The van der Waals surface area contributed by atoms with Gasteiger partial charge in [-0.3, -0.25) is 14.2 Å². The van der Waals surface area contributed by atoms with E-state index in [0.717, 1.165) is 11.1 Å². The number of rotatable bonds is 4. The number of hydrogen-bond donors (Lipinski definition) is 1. The monoisotopic (exact) mass is 459 g/mol. The predicted molar refractivity (Wildman–Crippen MR) is 126 cm³/mol. The van der Waals surface area contributed by atoms with Crippen LogP contribution in [-0.4, -0.2) is 10.5 Å². The molecule has 1 aliphatic rings. The van der Waals surface area contributed by atoms with Gasteiger partial charge in [0, 0.05) is 11.3 Å². The van der Waals surface area contributed by atoms with E-state index in [1.807, 2.05) is 44.2 Å². The fourth-order valence-electron chi connectivity index (χ4n) is 3.89. The van der Waals surface area contributed by atoms with Crippen molar-refractivity contribution < 1.29 is 13.6 Å². The van der Waals surface area contributed by atoms with Gasteiger partial charge in [0.05, 0.1) is 28.3 Å². The number of para-hydroxylation sites is 1. The van der Waals surface area contributed by atoms with E-state index in [0.29, 0.717) is 37.8 Å². The van der Waals surface area contributed by atoms with Crippen LogP contribution in [0.25, 0.3) is 6.08 Å². The van der Waals surface area contributed by atoms with Crippen LogP contribution < -0.4 is 20.2 Å². The second kappa shape index (κ2) is 8.22. The normalized spacial score (nSPS) is 16.0. The second-order valence-electron chi connectivity index (χ2n) is 7.86. The van der Waals surface area contributed by atoms with Crippen LogP contribution in [0.4, 0.5) is 5.69 Å². The van der Waals surface area contributed by atoms with Crippen LogP contribution in [0.1, 0.15) is 35.6 Å². The Morgan fingerprint density at radius 1 is 1.15 bits per heavy atom. The molecule has 4 heterocycles. The zero-order chi connectivity index (χ0) is 23.1. The average molecular weight is 460 g/mol. The van der Waals surface area contributed by atoms with Gasteiger partial charge in [-0.25, -0.2) is 4.99 Å². The van der Waals surface area contributed by atoms with Crippen molar-refractivity contribution in [2.24, 2.45) is 4.99 Å². The Morgan fingerprint density at radius 2 is 1.97 bits per heavy atom. The van der Waals surface area contributed by atoms with E-state index in [-0.39, 0.29) is 11.5 Å². The molecule has 166 valence electrons. The number of allylic oxidation sites excluding steroid dienone is 1. The first-order chi connectivity index (χ1) is 15.9. The van der Waals surface area contributed by atoms with Crippen LogP contribution in [0.3, 0.4) is 0 Å². The maximum absolute atomic E-state index is 13.5. The van der Waals surface area contributed by atoms with Crippen molar-refractivity contribution in [3.63, 3.8) is 0 Å². The molecule has 0 radical (unpaired) electrons. The minimum atomic E-state index is -0.731. The fourth-order valence-corrected chi connectivity index (χ4v) is 4.94. The van der Waals surface area contributed by atoms with Crippen molar-refractivity contribution in [2.75, 3.05) is 5.32 Å². The molecule has 1 aliphatic heterocycles. The minimum absolute atomic E-state index is 0.243. The van der Waals surface area contributed by atoms with Gasteiger partial charge in [-0.2, -0.15) is 0 Å². The summed E-state index contributed by atoms with van der Waals surface area (Å²) in [5, 5.41) is 2.98. The van der Waals surface area contributed by atoms with Crippen LogP contribution in [0.5, 0.6) is 0 Å². The molecule has 5 rings (SSSR count). The molecule has 0 saturated heterocycles. The van der Waals surface area contributed by atoms with Crippen LogP contribution in [0, 0.1) is 13.8 Å². The number of aryl methyl sites for hydroxylation is 2. The quantitative estimate of drug-likeness (QED) is 0.504. The summed E-state index contributed by atoms with van der Waals surface area (Å²) in [6.45, 7) is 5.54. The number of hydrogen-bond acceptors (Lipinski definition) is 6. The van der Waals surface area contributed by atoms with E-state index in [1.165, 1.54) is 15.9 Å². The maximum Gasteiger partial charge on any atom is 0.271 e. The van der Waals surface area contributed by atoms with Gasteiger partial charge < -0.3 is 14.2 Å². The molecular formula is C25H21N3O4S. The fraction of sp³-hybridized carbons (Fsp3) is 0.160. The third kappa shape index (κ3) is 3.78. The summed E-state index contributed by atoms with van der Waals surface area (Å²) in [5.74, 6) is 0.875. The molecular weight excluding hydrogens is 438 g/mol. The van der Waals surface area contributed by atoms with Gasteiger partial charge in [-0.1, -0.05) is 29.5 Å². The van der Waals surface area contributed by atoms with Crippen molar-refractivity contribution in [2.45, 2.75) is 26.8 Å². The molecule has 1 aromatic carbocycles. The number of nitrogens with one attached hydrogen (secondary N) is 1. The molecule has 3 aromatic heterocycles. The van der Waals surface area contributed by atoms with Gasteiger partial charge in [-0.15, -0.1) is 0 Å². The van der Waals surface area contributed by atoms with E-state index >= 15 is 0 Å². The molecule has 8 heteroatoms. The smallest absolute Gasteiger partial charge is 0.271 e. The van der Waals surface area contributed by atoms with Gasteiger partial charge in [0.2, 0.25) is 0 Å². The Bertz CT molecular complexity index is 1570. The summed E-state index contributed by atoms with van der Waals surface area (Å²) in [6.07, 6.45) is 4.87. The van der Waals surface area contributed by atoms with Crippen molar-refractivity contribution in [1.29, 1.82) is 0 Å². The average Bonchev–Trinajstić information content (AvgIpc) is 3.51. The largest absolute Gasteiger partial charge is 0.472 e. The van der Waals surface area contributed by atoms with Gasteiger partial charge >= 0.3 is 0 Å². The number of fused-ring (bicyclic) bond motifs is 1. The first-order valence-corrected chi connectivity index (χ1v) is 11.2. The van der Waals surface area contributed by atoms with Gasteiger partial charge in [-0.05, 0) is 56.7 Å². The number of nitrogens with zero attached hydrogens (tertiary/aromatic N) is 2. The first-order valence-electron chi connectivity index (χ1n) is 10.4. The third-order valence-electron chi connectivity index (χ3n) is 5.53. The summed E-state index contributed by atoms with van der Waals surface area (Å²) in [4.78, 5) is 32.1. The molecule has 1 N–H and O–H groups in total. The van der Waals surface area contributed by atoms with Crippen LogP contribution in [0.2, 0.25) is 0 Å². The number of benzene rings is 1. The Balaban J connectivity index is 1.67. The maximum atomic E-state index is 13.5. The highest BCUT2D eigenvalue weighted by Crippen LogP contribution is 2.32. The minimum Gasteiger partial charge on any atom is -0.472 e.